The van der Waals surface area contributed by atoms with Crippen molar-refractivity contribution in [3.63, 3.8) is 0 Å². The molecule has 2 saturated heterocycles. The number of hydrogen-bond acceptors (Lipinski definition) is 5. The Labute approximate surface area is 233 Å². The first kappa shape index (κ1) is 26.7. The molecule has 3 amide bonds. The van der Waals surface area contributed by atoms with Crippen LogP contribution in [0.4, 0.5) is 10.5 Å². The summed E-state index contributed by atoms with van der Waals surface area (Å²) in [6, 6.07) is 20.8. The van der Waals surface area contributed by atoms with Crippen molar-refractivity contribution in [3.8, 4) is 0 Å². The number of carbonyl (C=O) groups excluding carboxylic acids is 3. The number of nitrogens with one attached hydrogen (secondary N) is 1. The van der Waals surface area contributed by atoms with Crippen molar-refractivity contribution in [1.82, 2.24) is 14.7 Å². The Balaban J connectivity index is 1.43. The van der Waals surface area contributed by atoms with Gasteiger partial charge in [0.1, 0.15) is 0 Å². The topological polar surface area (TPSA) is 82.2 Å². The predicted octanol–water partition coefficient (Wildman–Crippen LogP) is 4.74. The van der Waals surface area contributed by atoms with Crippen molar-refractivity contribution in [1.29, 1.82) is 0 Å². The van der Waals surface area contributed by atoms with E-state index in [4.69, 9.17) is 16.3 Å². The first-order valence-electron chi connectivity index (χ1n) is 13.0. The molecule has 39 heavy (non-hydrogen) atoms. The van der Waals surface area contributed by atoms with Gasteiger partial charge < -0.3 is 19.9 Å². The van der Waals surface area contributed by atoms with E-state index in [9.17, 15) is 14.4 Å². The number of ether oxygens (including phenoxy) is 1. The molecule has 2 atom stereocenters. The van der Waals surface area contributed by atoms with Gasteiger partial charge in [0.2, 0.25) is 5.91 Å². The molecule has 2 fully saturated rings. The van der Waals surface area contributed by atoms with Crippen molar-refractivity contribution in [3.05, 3.63) is 100 Å². The third-order valence-corrected chi connectivity index (χ3v) is 7.42. The van der Waals surface area contributed by atoms with Gasteiger partial charge in [-0.05, 0) is 61.5 Å². The summed E-state index contributed by atoms with van der Waals surface area (Å²) in [6.45, 7) is 4.81. The van der Waals surface area contributed by atoms with Crippen molar-refractivity contribution >= 4 is 35.2 Å². The molecule has 0 radical (unpaired) electrons. The highest BCUT2D eigenvalue weighted by Gasteiger charge is 2.48. The van der Waals surface area contributed by atoms with Gasteiger partial charge in [-0.2, -0.15) is 0 Å². The van der Waals surface area contributed by atoms with Crippen LogP contribution in [0.25, 0.3) is 0 Å². The van der Waals surface area contributed by atoms with E-state index in [2.05, 4.69) is 10.2 Å². The van der Waals surface area contributed by atoms with Crippen LogP contribution in [0, 0.1) is 6.92 Å². The molecular weight excluding hydrogens is 516 g/mol. The summed E-state index contributed by atoms with van der Waals surface area (Å²) in [5.74, 6) is -0.404. The Bertz CT molecular complexity index is 1370. The van der Waals surface area contributed by atoms with Crippen LogP contribution in [-0.4, -0.2) is 71.9 Å². The van der Waals surface area contributed by atoms with Crippen LogP contribution in [0.15, 0.2) is 72.8 Å². The molecule has 0 saturated carbocycles. The summed E-state index contributed by atoms with van der Waals surface area (Å²) < 4.78 is 5.85. The maximum absolute atomic E-state index is 13.9. The van der Waals surface area contributed by atoms with Gasteiger partial charge in [0, 0.05) is 42.5 Å². The van der Waals surface area contributed by atoms with Crippen LogP contribution in [0.1, 0.15) is 33.2 Å². The quantitative estimate of drug-likeness (QED) is 0.483. The zero-order chi connectivity index (χ0) is 27.5. The van der Waals surface area contributed by atoms with E-state index in [1.807, 2.05) is 44.3 Å². The number of halogens is 1. The molecule has 2 heterocycles. The number of aryl methyl sites for hydroxylation is 1. The van der Waals surface area contributed by atoms with Gasteiger partial charge in [-0.1, -0.05) is 53.6 Å². The minimum Gasteiger partial charge on any atom is -0.438 e. The average molecular weight is 547 g/mol. The van der Waals surface area contributed by atoms with Crippen LogP contribution >= 0.6 is 11.6 Å². The molecule has 1 N–H and O–H groups in total. The lowest BCUT2D eigenvalue weighted by Gasteiger charge is -2.36. The van der Waals surface area contributed by atoms with Crippen molar-refractivity contribution in [2.75, 3.05) is 38.5 Å². The molecule has 0 aliphatic carbocycles. The molecule has 202 valence electrons. The van der Waals surface area contributed by atoms with Crippen LogP contribution in [0.2, 0.25) is 5.02 Å². The summed E-state index contributed by atoms with van der Waals surface area (Å²) in [6.07, 6.45) is -1.40. The Morgan fingerprint density at radius 2 is 1.69 bits per heavy atom. The summed E-state index contributed by atoms with van der Waals surface area (Å²) in [4.78, 5) is 45.4. The van der Waals surface area contributed by atoms with Crippen LogP contribution in [0.5, 0.6) is 0 Å². The van der Waals surface area contributed by atoms with E-state index >= 15 is 0 Å². The summed E-state index contributed by atoms with van der Waals surface area (Å²) in [5.41, 5.74) is 3.58. The molecule has 2 unspecified atom stereocenters. The standard InChI is InChI=1S/C30H31ClN4O4/c1-20-9-11-22(12-10-20)28(36)32-25-8-4-6-23(18-25)27-26(29(37)34-15-13-33(2)14-16-34)35(30(38)39-27)19-21-5-3-7-24(31)17-21/h3-12,17-18,26-27H,13-16,19H2,1-2H3,(H,32,36). The van der Waals surface area contributed by atoms with Crippen LogP contribution in [-0.2, 0) is 16.1 Å². The maximum Gasteiger partial charge on any atom is 0.411 e. The SMILES string of the molecule is Cc1ccc(C(=O)Nc2cccc(C3OC(=O)N(Cc4cccc(Cl)c4)C3C(=O)N3CCN(C)CC3)c2)cc1. The van der Waals surface area contributed by atoms with Gasteiger partial charge in [0.25, 0.3) is 5.91 Å². The van der Waals surface area contributed by atoms with E-state index in [-0.39, 0.29) is 18.4 Å². The highest BCUT2D eigenvalue weighted by Crippen LogP contribution is 2.36. The second-order valence-electron chi connectivity index (χ2n) is 10.1. The number of nitrogens with zero attached hydrogens (tertiary/aromatic N) is 3. The molecule has 9 heteroatoms. The fourth-order valence-corrected chi connectivity index (χ4v) is 5.15. The van der Waals surface area contributed by atoms with Crippen LogP contribution in [0.3, 0.4) is 0 Å². The fourth-order valence-electron chi connectivity index (χ4n) is 4.94. The van der Waals surface area contributed by atoms with Crippen molar-refractivity contribution in [2.45, 2.75) is 25.6 Å². The third kappa shape index (κ3) is 6.08. The first-order valence-corrected chi connectivity index (χ1v) is 13.3. The fraction of sp³-hybridized carbons (Fsp3) is 0.300. The van der Waals surface area contributed by atoms with E-state index in [1.54, 1.807) is 47.4 Å². The lowest BCUT2D eigenvalue weighted by molar-refractivity contribution is -0.138. The zero-order valence-electron chi connectivity index (χ0n) is 22.0. The molecular formula is C30H31ClN4O4. The lowest BCUT2D eigenvalue weighted by Crippen LogP contribution is -2.54. The highest BCUT2D eigenvalue weighted by atomic mass is 35.5. The Morgan fingerprint density at radius 1 is 0.974 bits per heavy atom. The van der Waals surface area contributed by atoms with Gasteiger partial charge in [0.05, 0.1) is 6.54 Å². The predicted molar refractivity (Wildman–Crippen MR) is 150 cm³/mol. The normalized spacial score (nSPS) is 19.6. The number of benzene rings is 3. The molecule has 8 nitrogen and oxygen atoms in total. The highest BCUT2D eigenvalue weighted by molar-refractivity contribution is 6.30. The van der Waals surface area contributed by atoms with E-state index in [0.717, 1.165) is 24.2 Å². The molecule has 2 aliphatic rings. The number of anilines is 1. The number of hydrogen-bond donors (Lipinski definition) is 1. The Kier molecular flexibility index (Phi) is 7.86. The van der Waals surface area contributed by atoms with Gasteiger partial charge in [-0.25, -0.2) is 4.79 Å². The lowest BCUT2D eigenvalue weighted by atomic mass is 9.99. The van der Waals surface area contributed by atoms with E-state index in [1.165, 1.54) is 4.90 Å². The largest absolute Gasteiger partial charge is 0.438 e. The summed E-state index contributed by atoms with van der Waals surface area (Å²) in [5, 5.41) is 3.47. The number of likely N-dealkylation sites (N-methyl/N-ethyl adjacent to an activating group) is 1. The molecule has 5 rings (SSSR count). The number of carbonyl (C=O) groups is 3. The van der Waals surface area contributed by atoms with Crippen molar-refractivity contribution in [2.24, 2.45) is 0 Å². The summed E-state index contributed by atoms with van der Waals surface area (Å²) >= 11 is 6.19. The molecule has 3 aromatic carbocycles. The van der Waals surface area contributed by atoms with E-state index < -0.39 is 18.2 Å². The number of rotatable bonds is 6. The number of piperazine rings is 1. The van der Waals surface area contributed by atoms with Gasteiger partial charge >= 0.3 is 6.09 Å². The molecule has 3 aromatic rings. The molecule has 0 spiro atoms. The minimum atomic E-state index is -0.858. The van der Waals surface area contributed by atoms with Crippen molar-refractivity contribution < 1.29 is 19.1 Å². The average Bonchev–Trinajstić information content (AvgIpc) is 3.25. The maximum atomic E-state index is 13.9. The molecule has 2 aliphatic heterocycles. The van der Waals surface area contributed by atoms with Gasteiger partial charge in [-0.15, -0.1) is 0 Å². The molecule has 0 aromatic heterocycles. The number of amides is 3. The zero-order valence-corrected chi connectivity index (χ0v) is 22.7. The minimum absolute atomic E-state index is 0.157. The van der Waals surface area contributed by atoms with Gasteiger partial charge in [0.15, 0.2) is 12.1 Å². The first-order chi connectivity index (χ1) is 18.8. The Hall–Kier alpha value is -3.88. The smallest absolute Gasteiger partial charge is 0.411 e. The number of cyclic esters (lactones) is 1. The Morgan fingerprint density at radius 3 is 2.41 bits per heavy atom. The van der Waals surface area contributed by atoms with E-state index in [0.29, 0.717) is 34.9 Å². The molecule has 0 bridgehead atoms. The second kappa shape index (κ2) is 11.5. The summed E-state index contributed by atoms with van der Waals surface area (Å²) in [7, 11) is 2.02. The van der Waals surface area contributed by atoms with Gasteiger partial charge in [-0.3, -0.25) is 14.5 Å². The monoisotopic (exact) mass is 546 g/mol. The third-order valence-electron chi connectivity index (χ3n) is 7.18. The van der Waals surface area contributed by atoms with Crippen LogP contribution < -0.4 is 5.32 Å². The second-order valence-corrected chi connectivity index (χ2v) is 10.5.